The molecule has 1 rings (SSSR count). The molecule has 0 saturated carbocycles. The van der Waals surface area contributed by atoms with Gasteiger partial charge in [0.2, 0.25) is 0 Å². The van der Waals surface area contributed by atoms with E-state index in [1.165, 1.54) is 11.3 Å². The van der Waals surface area contributed by atoms with Gasteiger partial charge in [0, 0.05) is 18.0 Å². The van der Waals surface area contributed by atoms with E-state index in [0.717, 1.165) is 4.88 Å². The minimum Gasteiger partial charge on any atom is -0.384 e. The van der Waals surface area contributed by atoms with Crippen molar-refractivity contribution in [1.82, 2.24) is 4.90 Å². The summed E-state index contributed by atoms with van der Waals surface area (Å²) >= 11 is 1.37. The van der Waals surface area contributed by atoms with Crippen LogP contribution in [-0.4, -0.2) is 35.1 Å². The lowest BCUT2D eigenvalue weighted by Crippen LogP contribution is -2.37. The van der Waals surface area contributed by atoms with Gasteiger partial charge in [-0.15, -0.1) is 11.3 Å². The van der Waals surface area contributed by atoms with Crippen molar-refractivity contribution < 1.29 is 9.90 Å². The predicted octanol–water partition coefficient (Wildman–Crippen LogP) is 1.86. The Morgan fingerprint density at radius 3 is 2.89 bits per heavy atom. The van der Waals surface area contributed by atoms with Crippen LogP contribution in [0.25, 0.3) is 0 Å². The zero-order valence-electron chi connectivity index (χ0n) is 11.0. The smallest absolute Gasteiger partial charge is 0.255 e. The molecule has 1 aromatic heterocycles. The molecule has 100 valence electrons. The number of nitriles is 1. The number of thiophene rings is 1. The van der Waals surface area contributed by atoms with Crippen molar-refractivity contribution in [3.63, 3.8) is 0 Å². The van der Waals surface area contributed by atoms with E-state index < -0.39 is 0 Å². The van der Waals surface area contributed by atoms with Crippen molar-refractivity contribution in [2.24, 2.45) is 0 Å². The first-order valence-corrected chi connectivity index (χ1v) is 6.84. The van der Waals surface area contributed by atoms with Crippen molar-refractivity contribution in [3.05, 3.63) is 21.9 Å². The van der Waals surface area contributed by atoms with Crippen LogP contribution < -0.4 is 0 Å². The van der Waals surface area contributed by atoms with E-state index in [1.807, 2.05) is 13.8 Å². The van der Waals surface area contributed by atoms with Crippen LogP contribution in [-0.2, 0) is 0 Å². The van der Waals surface area contributed by atoms with Crippen molar-refractivity contribution in [2.75, 3.05) is 13.2 Å². The molecule has 1 amide bonds. The number of carbonyl (C=O) groups excluding carboxylic acids is 1. The molecule has 0 fully saturated rings. The third-order valence-corrected chi connectivity index (χ3v) is 3.33. The lowest BCUT2D eigenvalue weighted by molar-refractivity contribution is 0.0711. The van der Waals surface area contributed by atoms with Gasteiger partial charge in [-0.3, -0.25) is 4.79 Å². The van der Waals surface area contributed by atoms with Crippen LogP contribution in [0.4, 0.5) is 0 Å². The highest BCUT2D eigenvalue weighted by molar-refractivity contribution is 7.10. The molecule has 0 bridgehead atoms. The molecule has 0 aromatic carbocycles. The lowest BCUT2D eigenvalue weighted by Gasteiger charge is -2.25. The van der Waals surface area contributed by atoms with E-state index in [0.29, 0.717) is 18.5 Å². The number of rotatable bonds is 4. The summed E-state index contributed by atoms with van der Waals surface area (Å²) in [5, 5.41) is 19.0. The first-order chi connectivity index (χ1) is 9.10. The van der Waals surface area contributed by atoms with Gasteiger partial charge in [-0.2, -0.15) is 5.26 Å². The number of aliphatic hydroxyl groups is 1. The van der Waals surface area contributed by atoms with Crippen molar-refractivity contribution in [3.8, 4) is 17.9 Å². The number of hydrogen-bond donors (Lipinski definition) is 1. The molecule has 19 heavy (non-hydrogen) atoms. The maximum atomic E-state index is 12.3. The number of hydrogen-bond acceptors (Lipinski definition) is 4. The molecule has 5 heteroatoms. The second-order valence-corrected chi connectivity index (χ2v) is 5.07. The zero-order valence-corrected chi connectivity index (χ0v) is 11.8. The third-order valence-electron chi connectivity index (χ3n) is 2.49. The number of carbonyl (C=O) groups is 1. The fourth-order valence-corrected chi connectivity index (χ4v) is 2.32. The fraction of sp³-hybridized carbons (Fsp3) is 0.429. The van der Waals surface area contributed by atoms with E-state index in [2.05, 4.69) is 17.9 Å². The van der Waals surface area contributed by atoms with E-state index in [1.54, 1.807) is 16.3 Å². The summed E-state index contributed by atoms with van der Waals surface area (Å²) in [6.07, 6.45) is 0.325. The molecule has 0 spiro atoms. The first kappa shape index (κ1) is 15.2. The Labute approximate surface area is 117 Å². The Balaban J connectivity index is 2.85. The van der Waals surface area contributed by atoms with Crippen LogP contribution in [0.5, 0.6) is 0 Å². The van der Waals surface area contributed by atoms with E-state index in [9.17, 15) is 4.79 Å². The quantitative estimate of drug-likeness (QED) is 0.854. The Bertz CT molecular complexity index is 532. The Kier molecular flexibility index (Phi) is 6.08. The number of nitrogens with zero attached hydrogens (tertiary/aromatic N) is 2. The van der Waals surface area contributed by atoms with Crippen molar-refractivity contribution >= 4 is 17.2 Å². The Morgan fingerprint density at radius 1 is 1.58 bits per heavy atom. The molecule has 0 radical (unpaired) electrons. The van der Waals surface area contributed by atoms with Gasteiger partial charge in [-0.05, 0) is 19.9 Å². The molecular formula is C14H16N2O2S. The highest BCUT2D eigenvalue weighted by Gasteiger charge is 2.19. The summed E-state index contributed by atoms with van der Waals surface area (Å²) in [5.41, 5.74) is 0.582. The molecule has 0 aliphatic rings. The summed E-state index contributed by atoms with van der Waals surface area (Å²) in [6.45, 7) is 4.09. The van der Waals surface area contributed by atoms with Gasteiger partial charge in [0.15, 0.2) is 0 Å². The Morgan fingerprint density at radius 2 is 2.32 bits per heavy atom. The standard InChI is InChI=1S/C14H16N2O2S/c1-11(2)16(7-4-6-15)14(18)12-9-13(19-10-12)5-3-8-17/h9-11,17H,4,7-8H2,1-2H3. The monoisotopic (exact) mass is 276 g/mol. The highest BCUT2D eigenvalue weighted by Crippen LogP contribution is 2.17. The molecule has 4 nitrogen and oxygen atoms in total. The Hall–Kier alpha value is -1.82. The summed E-state index contributed by atoms with van der Waals surface area (Å²) in [6, 6.07) is 3.82. The molecule has 0 atom stereocenters. The largest absolute Gasteiger partial charge is 0.384 e. The number of aliphatic hydroxyl groups excluding tert-OH is 1. The minimum absolute atomic E-state index is 0.0488. The summed E-state index contributed by atoms with van der Waals surface area (Å²) < 4.78 is 0. The highest BCUT2D eigenvalue weighted by atomic mass is 32.1. The van der Waals surface area contributed by atoms with Gasteiger partial charge in [-0.1, -0.05) is 11.8 Å². The maximum absolute atomic E-state index is 12.3. The third kappa shape index (κ3) is 4.40. The molecule has 0 saturated heterocycles. The lowest BCUT2D eigenvalue weighted by atomic mass is 10.2. The van der Waals surface area contributed by atoms with Crippen LogP contribution >= 0.6 is 11.3 Å². The topological polar surface area (TPSA) is 64.3 Å². The summed E-state index contributed by atoms with van der Waals surface area (Å²) in [5.74, 6) is 5.24. The first-order valence-electron chi connectivity index (χ1n) is 5.96. The van der Waals surface area contributed by atoms with Crippen LogP contribution in [0.2, 0.25) is 0 Å². The van der Waals surface area contributed by atoms with Gasteiger partial charge in [-0.25, -0.2) is 0 Å². The molecule has 0 aliphatic heterocycles. The molecular weight excluding hydrogens is 260 g/mol. The number of amides is 1. The molecule has 0 aliphatic carbocycles. The molecule has 1 heterocycles. The van der Waals surface area contributed by atoms with E-state index in [4.69, 9.17) is 10.4 Å². The second kappa shape index (κ2) is 7.58. The van der Waals surface area contributed by atoms with Gasteiger partial charge in [0.05, 0.1) is 22.9 Å². The molecule has 0 unspecified atom stereocenters. The molecule has 1 N–H and O–H groups in total. The van der Waals surface area contributed by atoms with Crippen LogP contribution in [0.3, 0.4) is 0 Å². The van der Waals surface area contributed by atoms with Crippen molar-refractivity contribution in [2.45, 2.75) is 26.3 Å². The van der Waals surface area contributed by atoms with Gasteiger partial charge in [0.1, 0.15) is 6.61 Å². The van der Waals surface area contributed by atoms with Crippen LogP contribution in [0.1, 0.15) is 35.5 Å². The zero-order chi connectivity index (χ0) is 14.3. The average Bonchev–Trinajstić information content (AvgIpc) is 2.85. The summed E-state index contributed by atoms with van der Waals surface area (Å²) in [4.78, 5) is 14.7. The van der Waals surface area contributed by atoms with Crippen LogP contribution in [0, 0.1) is 23.2 Å². The summed E-state index contributed by atoms with van der Waals surface area (Å²) in [7, 11) is 0. The minimum atomic E-state index is -0.193. The normalized spacial score (nSPS) is 9.63. The fourth-order valence-electron chi connectivity index (χ4n) is 1.57. The SMILES string of the molecule is CC(C)N(CCC#N)C(=O)c1csc(C#CCO)c1. The molecule has 1 aromatic rings. The maximum Gasteiger partial charge on any atom is 0.255 e. The van der Waals surface area contributed by atoms with Crippen LogP contribution in [0.15, 0.2) is 11.4 Å². The van der Waals surface area contributed by atoms with Gasteiger partial charge in [0.25, 0.3) is 5.91 Å². The van der Waals surface area contributed by atoms with Gasteiger partial charge < -0.3 is 10.0 Å². The van der Waals surface area contributed by atoms with Crippen molar-refractivity contribution in [1.29, 1.82) is 5.26 Å². The average molecular weight is 276 g/mol. The second-order valence-electron chi connectivity index (χ2n) is 4.16. The van der Waals surface area contributed by atoms with E-state index in [-0.39, 0.29) is 18.6 Å². The van der Waals surface area contributed by atoms with E-state index >= 15 is 0 Å². The predicted molar refractivity (Wildman–Crippen MR) is 74.7 cm³/mol. The van der Waals surface area contributed by atoms with Gasteiger partial charge >= 0.3 is 0 Å².